The van der Waals surface area contributed by atoms with E-state index in [1.807, 2.05) is 35.7 Å². The van der Waals surface area contributed by atoms with Crippen molar-refractivity contribution < 1.29 is 18.7 Å². The minimum atomic E-state index is -0.306. The van der Waals surface area contributed by atoms with Crippen LogP contribution in [-0.2, 0) is 11.3 Å². The summed E-state index contributed by atoms with van der Waals surface area (Å²) in [5.74, 6) is 0.837. The number of hydrogen-bond acceptors (Lipinski definition) is 4. The predicted octanol–water partition coefficient (Wildman–Crippen LogP) is 4.91. The molecule has 2 aromatic carbocycles. The number of halogens is 1. The molecule has 6 heteroatoms. The smallest absolute Gasteiger partial charge is 0.251 e. The van der Waals surface area contributed by atoms with Crippen LogP contribution in [0.5, 0.6) is 11.5 Å². The fourth-order valence-electron chi connectivity index (χ4n) is 2.89. The maximum absolute atomic E-state index is 13.1. The van der Waals surface area contributed by atoms with Crippen molar-refractivity contribution in [3.63, 3.8) is 0 Å². The van der Waals surface area contributed by atoms with Gasteiger partial charge in [0.05, 0.1) is 6.54 Å². The molecule has 28 heavy (non-hydrogen) atoms. The zero-order chi connectivity index (χ0) is 19.3. The first-order valence-corrected chi connectivity index (χ1v) is 9.74. The molecule has 1 aromatic heterocycles. The van der Waals surface area contributed by atoms with Crippen molar-refractivity contribution in [3.8, 4) is 11.5 Å². The van der Waals surface area contributed by atoms with Crippen molar-refractivity contribution in [2.24, 2.45) is 0 Å². The number of nitrogens with zero attached hydrogens (tertiary/aromatic N) is 1. The number of thiophene rings is 1. The van der Waals surface area contributed by atoms with E-state index < -0.39 is 0 Å². The van der Waals surface area contributed by atoms with Crippen LogP contribution in [0.25, 0.3) is 6.08 Å². The van der Waals surface area contributed by atoms with Crippen LogP contribution < -0.4 is 14.4 Å². The van der Waals surface area contributed by atoms with E-state index in [0.717, 1.165) is 16.1 Å². The average molecular weight is 395 g/mol. The lowest BCUT2D eigenvalue weighted by atomic mass is 10.2. The van der Waals surface area contributed by atoms with Crippen LogP contribution in [0.3, 0.4) is 0 Å². The normalized spacial score (nSPS) is 12.9. The van der Waals surface area contributed by atoms with Crippen LogP contribution >= 0.6 is 11.3 Å². The van der Waals surface area contributed by atoms with Crippen molar-refractivity contribution in [1.29, 1.82) is 0 Å². The Kier molecular flexibility index (Phi) is 5.39. The first kappa shape index (κ1) is 18.3. The molecule has 0 aliphatic carbocycles. The quantitative estimate of drug-likeness (QED) is 0.577. The Morgan fingerprint density at radius 2 is 1.86 bits per heavy atom. The summed E-state index contributed by atoms with van der Waals surface area (Å²) < 4.78 is 24.3. The van der Waals surface area contributed by atoms with Gasteiger partial charge in [-0.15, -0.1) is 11.3 Å². The lowest BCUT2D eigenvalue weighted by Crippen LogP contribution is -2.28. The van der Waals surface area contributed by atoms with Gasteiger partial charge in [-0.3, -0.25) is 4.79 Å². The molecular weight excluding hydrogens is 377 g/mol. The van der Waals surface area contributed by atoms with Crippen LogP contribution in [0.15, 0.2) is 66.1 Å². The third-order valence-electron chi connectivity index (χ3n) is 4.29. The van der Waals surface area contributed by atoms with E-state index in [0.29, 0.717) is 31.3 Å². The summed E-state index contributed by atoms with van der Waals surface area (Å²) in [5, 5.41) is 1.98. The van der Waals surface area contributed by atoms with Crippen molar-refractivity contribution >= 4 is 29.0 Å². The molecule has 2 heterocycles. The van der Waals surface area contributed by atoms with Gasteiger partial charge in [-0.25, -0.2) is 4.39 Å². The number of amides is 1. The Balaban J connectivity index is 1.61. The minimum absolute atomic E-state index is 0.172. The average Bonchev–Trinajstić information content (AvgIpc) is 3.24. The second kappa shape index (κ2) is 8.27. The molecule has 0 bridgehead atoms. The highest BCUT2D eigenvalue weighted by Crippen LogP contribution is 2.34. The Bertz CT molecular complexity index is 984. The van der Waals surface area contributed by atoms with Gasteiger partial charge in [0.15, 0.2) is 11.5 Å². The SMILES string of the molecule is O=C(/C=C/c1ccc(F)cc1)N(Cc1cccs1)c1ccc2c(c1)OCCO2. The first-order chi connectivity index (χ1) is 13.7. The van der Waals surface area contributed by atoms with E-state index in [-0.39, 0.29) is 11.7 Å². The Morgan fingerprint density at radius 1 is 1.07 bits per heavy atom. The van der Waals surface area contributed by atoms with Crippen molar-refractivity contribution in [3.05, 3.63) is 82.3 Å². The molecule has 1 aliphatic rings. The third-order valence-corrected chi connectivity index (χ3v) is 5.15. The molecule has 0 saturated carbocycles. The molecule has 0 radical (unpaired) electrons. The molecule has 0 N–H and O–H groups in total. The van der Waals surface area contributed by atoms with Gasteiger partial charge in [0.1, 0.15) is 19.0 Å². The molecule has 0 atom stereocenters. The molecule has 142 valence electrons. The summed E-state index contributed by atoms with van der Waals surface area (Å²) >= 11 is 1.59. The lowest BCUT2D eigenvalue weighted by molar-refractivity contribution is -0.114. The fraction of sp³-hybridized carbons (Fsp3) is 0.136. The Hall–Kier alpha value is -3.12. The molecule has 1 amide bonds. The van der Waals surface area contributed by atoms with Crippen LogP contribution in [0.2, 0.25) is 0 Å². The van der Waals surface area contributed by atoms with Gasteiger partial charge in [-0.05, 0) is 47.4 Å². The predicted molar refractivity (Wildman–Crippen MR) is 108 cm³/mol. The van der Waals surface area contributed by atoms with E-state index in [1.54, 1.807) is 34.4 Å². The molecule has 0 saturated heterocycles. The van der Waals surface area contributed by atoms with Gasteiger partial charge in [-0.1, -0.05) is 18.2 Å². The van der Waals surface area contributed by atoms with Crippen LogP contribution in [-0.4, -0.2) is 19.1 Å². The first-order valence-electron chi connectivity index (χ1n) is 8.86. The maximum Gasteiger partial charge on any atom is 0.251 e. The van der Waals surface area contributed by atoms with Gasteiger partial charge in [0.2, 0.25) is 0 Å². The summed E-state index contributed by atoms with van der Waals surface area (Å²) in [6.07, 6.45) is 3.18. The highest BCUT2D eigenvalue weighted by atomic mass is 32.1. The Labute approximate surface area is 166 Å². The van der Waals surface area contributed by atoms with E-state index >= 15 is 0 Å². The summed E-state index contributed by atoms with van der Waals surface area (Å²) in [6.45, 7) is 1.45. The summed E-state index contributed by atoms with van der Waals surface area (Å²) in [6, 6.07) is 15.5. The summed E-state index contributed by atoms with van der Waals surface area (Å²) in [7, 11) is 0. The second-order valence-corrected chi connectivity index (χ2v) is 7.25. The van der Waals surface area contributed by atoms with Gasteiger partial charge < -0.3 is 14.4 Å². The zero-order valence-electron chi connectivity index (χ0n) is 15.0. The van der Waals surface area contributed by atoms with Gasteiger partial charge in [-0.2, -0.15) is 0 Å². The molecule has 0 fully saturated rings. The third kappa shape index (κ3) is 4.23. The highest BCUT2D eigenvalue weighted by molar-refractivity contribution is 7.09. The number of benzene rings is 2. The van der Waals surface area contributed by atoms with E-state index in [1.165, 1.54) is 18.2 Å². The summed E-state index contributed by atoms with van der Waals surface area (Å²) in [4.78, 5) is 15.7. The molecule has 1 aliphatic heterocycles. The van der Waals surface area contributed by atoms with Crippen molar-refractivity contribution in [2.75, 3.05) is 18.1 Å². The number of rotatable bonds is 5. The standard InChI is InChI=1S/C22H18FNO3S/c23-17-6-3-16(4-7-17)5-10-22(25)24(15-19-2-1-13-28-19)18-8-9-20-21(14-18)27-12-11-26-20/h1-10,13-14H,11-12,15H2/b10-5+. The number of carbonyl (C=O) groups excluding carboxylic acids is 1. The second-order valence-electron chi connectivity index (χ2n) is 6.22. The van der Waals surface area contributed by atoms with Crippen molar-refractivity contribution in [1.82, 2.24) is 0 Å². The van der Waals surface area contributed by atoms with Crippen molar-refractivity contribution in [2.45, 2.75) is 6.54 Å². The molecule has 3 aromatic rings. The number of hydrogen-bond donors (Lipinski definition) is 0. The fourth-order valence-corrected chi connectivity index (χ4v) is 3.58. The molecule has 4 rings (SSSR count). The van der Waals surface area contributed by atoms with Gasteiger partial charge >= 0.3 is 0 Å². The number of ether oxygens (including phenoxy) is 2. The molecule has 4 nitrogen and oxygen atoms in total. The van der Waals surface area contributed by atoms with Crippen LogP contribution in [0.1, 0.15) is 10.4 Å². The lowest BCUT2D eigenvalue weighted by Gasteiger charge is -2.24. The van der Waals surface area contributed by atoms with E-state index in [2.05, 4.69) is 0 Å². The monoisotopic (exact) mass is 395 g/mol. The van der Waals surface area contributed by atoms with Gasteiger partial charge in [0, 0.05) is 22.7 Å². The highest BCUT2D eigenvalue weighted by Gasteiger charge is 2.19. The minimum Gasteiger partial charge on any atom is -0.486 e. The number of carbonyl (C=O) groups is 1. The molecular formula is C22H18FNO3S. The van der Waals surface area contributed by atoms with E-state index in [9.17, 15) is 9.18 Å². The molecule has 0 unspecified atom stereocenters. The van der Waals surface area contributed by atoms with Crippen LogP contribution in [0, 0.1) is 5.82 Å². The zero-order valence-corrected chi connectivity index (χ0v) is 15.8. The maximum atomic E-state index is 13.1. The number of fused-ring (bicyclic) bond motifs is 1. The topological polar surface area (TPSA) is 38.8 Å². The van der Waals surface area contributed by atoms with E-state index in [4.69, 9.17) is 9.47 Å². The van der Waals surface area contributed by atoms with Gasteiger partial charge in [0.25, 0.3) is 5.91 Å². The summed E-state index contributed by atoms with van der Waals surface area (Å²) in [5.41, 5.74) is 1.49. The Morgan fingerprint density at radius 3 is 2.61 bits per heavy atom. The van der Waals surface area contributed by atoms with Crippen LogP contribution in [0.4, 0.5) is 10.1 Å². The number of anilines is 1. The molecule has 0 spiro atoms. The largest absolute Gasteiger partial charge is 0.486 e.